The van der Waals surface area contributed by atoms with Gasteiger partial charge in [0.1, 0.15) is 17.2 Å². The first-order chi connectivity index (χ1) is 12.1. The van der Waals surface area contributed by atoms with Gasteiger partial charge in [-0.3, -0.25) is 0 Å². The van der Waals surface area contributed by atoms with E-state index in [-0.39, 0.29) is 17.2 Å². The van der Waals surface area contributed by atoms with Crippen molar-refractivity contribution in [2.45, 2.75) is 0 Å². The molecule has 3 aromatic rings. The van der Waals surface area contributed by atoms with Crippen LogP contribution in [0.5, 0.6) is 17.2 Å². The normalized spacial score (nSPS) is 11.4. The summed E-state index contributed by atoms with van der Waals surface area (Å²) in [5.74, 6) is 0.659. The summed E-state index contributed by atoms with van der Waals surface area (Å²) in [4.78, 5) is 0. The molecule has 3 nitrogen and oxygen atoms in total. The van der Waals surface area contributed by atoms with Crippen molar-refractivity contribution in [1.29, 1.82) is 0 Å². The van der Waals surface area contributed by atoms with Crippen LogP contribution < -0.4 is 0 Å². The van der Waals surface area contributed by atoms with Gasteiger partial charge in [-0.05, 0) is 47.0 Å². The second-order valence-electron chi connectivity index (χ2n) is 5.67. The molecule has 0 unspecified atom stereocenters. The molecule has 0 fully saturated rings. The number of aromatic hydroxyl groups is 3. The van der Waals surface area contributed by atoms with Crippen molar-refractivity contribution in [3.8, 4) is 17.2 Å². The van der Waals surface area contributed by atoms with Gasteiger partial charge in [-0.2, -0.15) is 0 Å². The van der Waals surface area contributed by atoms with Crippen LogP contribution >= 0.6 is 0 Å². The van der Waals surface area contributed by atoms with Gasteiger partial charge >= 0.3 is 0 Å². The highest BCUT2D eigenvalue weighted by Crippen LogP contribution is 2.23. The van der Waals surface area contributed by atoms with Crippen LogP contribution in [0.2, 0.25) is 0 Å². The maximum absolute atomic E-state index is 10.2. The summed E-state index contributed by atoms with van der Waals surface area (Å²) in [5, 5.41) is 28.7. The molecule has 0 atom stereocenters. The molecule has 0 radical (unpaired) electrons. The molecule has 0 amide bonds. The first kappa shape index (κ1) is 16.4. The lowest BCUT2D eigenvalue weighted by molar-refractivity contribution is 0.473. The number of phenols is 3. The summed E-state index contributed by atoms with van der Waals surface area (Å²) < 4.78 is 0. The van der Waals surface area contributed by atoms with E-state index in [9.17, 15) is 15.3 Å². The molecular weight excluding hydrogens is 312 g/mol. The van der Waals surface area contributed by atoms with Crippen LogP contribution in [0.4, 0.5) is 0 Å². The largest absolute Gasteiger partial charge is 0.508 e. The molecule has 0 aliphatic rings. The van der Waals surface area contributed by atoms with Gasteiger partial charge in [0.2, 0.25) is 0 Å². The Labute approximate surface area is 146 Å². The van der Waals surface area contributed by atoms with Crippen LogP contribution in [0.25, 0.3) is 24.3 Å². The molecule has 0 saturated carbocycles. The van der Waals surface area contributed by atoms with Crippen LogP contribution in [0.15, 0.2) is 66.7 Å². The molecule has 0 aliphatic carbocycles. The van der Waals surface area contributed by atoms with Gasteiger partial charge < -0.3 is 15.3 Å². The molecule has 0 heterocycles. The van der Waals surface area contributed by atoms with Crippen LogP contribution in [-0.2, 0) is 0 Å². The van der Waals surface area contributed by atoms with Crippen molar-refractivity contribution in [2.24, 2.45) is 0 Å². The van der Waals surface area contributed by atoms with E-state index >= 15 is 0 Å². The lowest BCUT2D eigenvalue weighted by Crippen LogP contribution is -1.78. The minimum atomic E-state index is 0.197. The molecule has 3 heteroatoms. The summed E-state index contributed by atoms with van der Waals surface area (Å²) in [5.41, 5.74) is 3.50. The molecular formula is C22H18O3. The van der Waals surface area contributed by atoms with Crippen molar-refractivity contribution in [1.82, 2.24) is 0 Å². The van der Waals surface area contributed by atoms with Gasteiger partial charge in [0, 0.05) is 5.56 Å². The summed E-state index contributed by atoms with van der Waals surface area (Å²) in [6.07, 6.45) is 7.52. The predicted octanol–water partition coefficient (Wildman–Crippen LogP) is 5.14. The average Bonchev–Trinajstić information content (AvgIpc) is 2.62. The van der Waals surface area contributed by atoms with Gasteiger partial charge in [0.25, 0.3) is 0 Å². The summed E-state index contributed by atoms with van der Waals surface area (Å²) in [6, 6.07) is 19.2. The first-order valence-corrected chi connectivity index (χ1v) is 7.87. The number of phenolic OH excluding ortho intramolecular Hbond substituents is 3. The van der Waals surface area contributed by atoms with Crippen LogP contribution in [-0.4, -0.2) is 15.3 Å². The number of rotatable bonds is 4. The smallest absolute Gasteiger partial charge is 0.123 e. The topological polar surface area (TPSA) is 60.7 Å². The third-order valence-corrected chi connectivity index (χ3v) is 3.76. The van der Waals surface area contributed by atoms with Gasteiger partial charge in [-0.1, -0.05) is 60.7 Å². The predicted molar refractivity (Wildman–Crippen MR) is 102 cm³/mol. The fourth-order valence-electron chi connectivity index (χ4n) is 2.35. The Kier molecular flexibility index (Phi) is 4.86. The van der Waals surface area contributed by atoms with Gasteiger partial charge in [0.15, 0.2) is 0 Å². The molecule has 0 spiro atoms. The fourth-order valence-corrected chi connectivity index (χ4v) is 2.35. The third-order valence-electron chi connectivity index (χ3n) is 3.76. The Bertz CT molecular complexity index is 905. The SMILES string of the molecule is Oc1ccc(C=Cc2ccc(C=Cc3ccc(O)cc3)c(O)c2)cc1. The molecule has 0 aliphatic heterocycles. The van der Waals surface area contributed by atoms with Crippen molar-refractivity contribution < 1.29 is 15.3 Å². The first-order valence-electron chi connectivity index (χ1n) is 7.87. The molecule has 0 saturated heterocycles. The molecule has 0 aromatic heterocycles. The third kappa shape index (κ3) is 4.52. The van der Waals surface area contributed by atoms with E-state index in [2.05, 4.69) is 0 Å². The van der Waals surface area contributed by atoms with Gasteiger partial charge in [0.05, 0.1) is 0 Å². The van der Waals surface area contributed by atoms with Gasteiger partial charge in [-0.15, -0.1) is 0 Å². The highest BCUT2D eigenvalue weighted by atomic mass is 16.3. The van der Waals surface area contributed by atoms with Crippen LogP contribution in [0.3, 0.4) is 0 Å². The summed E-state index contributed by atoms with van der Waals surface area (Å²) in [7, 11) is 0. The summed E-state index contributed by atoms with van der Waals surface area (Å²) in [6.45, 7) is 0. The van der Waals surface area contributed by atoms with Crippen molar-refractivity contribution in [2.75, 3.05) is 0 Å². The maximum atomic E-state index is 10.2. The second kappa shape index (κ2) is 7.41. The lowest BCUT2D eigenvalue weighted by atomic mass is 10.1. The molecule has 124 valence electrons. The maximum Gasteiger partial charge on any atom is 0.123 e. The molecule has 25 heavy (non-hydrogen) atoms. The zero-order valence-corrected chi connectivity index (χ0v) is 13.5. The van der Waals surface area contributed by atoms with E-state index in [1.807, 2.05) is 48.6 Å². The molecule has 3 aromatic carbocycles. The van der Waals surface area contributed by atoms with Crippen LogP contribution in [0, 0.1) is 0 Å². The number of hydrogen-bond donors (Lipinski definition) is 3. The van der Waals surface area contributed by atoms with E-state index < -0.39 is 0 Å². The standard InChI is InChI=1S/C22H18O3/c23-20-11-5-16(6-12-20)1-2-18-4-10-19(22(25)15-18)9-3-17-7-13-21(24)14-8-17/h1-15,23-25H. The highest BCUT2D eigenvalue weighted by molar-refractivity contribution is 5.75. The van der Waals surface area contributed by atoms with E-state index in [0.717, 1.165) is 22.3 Å². The number of benzene rings is 3. The second-order valence-corrected chi connectivity index (χ2v) is 5.67. The van der Waals surface area contributed by atoms with Crippen molar-refractivity contribution >= 4 is 24.3 Å². The monoisotopic (exact) mass is 330 g/mol. The summed E-state index contributed by atoms with van der Waals surface area (Å²) >= 11 is 0. The van der Waals surface area contributed by atoms with E-state index in [1.54, 1.807) is 42.5 Å². The average molecular weight is 330 g/mol. The van der Waals surface area contributed by atoms with Crippen LogP contribution in [0.1, 0.15) is 22.3 Å². The molecule has 0 bridgehead atoms. The Hall–Kier alpha value is -3.46. The number of hydrogen-bond acceptors (Lipinski definition) is 3. The van der Waals surface area contributed by atoms with E-state index in [0.29, 0.717) is 0 Å². The quantitative estimate of drug-likeness (QED) is 0.580. The fraction of sp³-hybridized carbons (Fsp3) is 0. The lowest BCUT2D eigenvalue weighted by Gasteiger charge is -2.02. The Balaban J connectivity index is 1.74. The minimum absolute atomic E-state index is 0.197. The molecule has 3 N–H and O–H groups in total. The van der Waals surface area contributed by atoms with Gasteiger partial charge in [-0.25, -0.2) is 0 Å². The van der Waals surface area contributed by atoms with Crippen molar-refractivity contribution in [3.63, 3.8) is 0 Å². The zero-order chi connectivity index (χ0) is 17.6. The zero-order valence-electron chi connectivity index (χ0n) is 13.5. The van der Waals surface area contributed by atoms with E-state index in [1.165, 1.54) is 0 Å². The Morgan fingerprint density at radius 3 is 1.44 bits per heavy atom. The Morgan fingerprint density at radius 2 is 0.920 bits per heavy atom. The molecule has 3 rings (SSSR count). The minimum Gasteiger partial charge on any atom is -0.508 e. The van der Waals surface area contributed by atoms with E-state index in [4.69, 9.17) is 0 Å². The Morgan fingerprint density at radius 1 is 0.480 bits per heavy atom. The highest BCUT2D eigenvalue weighted by Gasteiger charge is 1.99. The van der Waals surface area contributed by atoms with Crippen molar-refractivity contribution in [3.05, 3.63) is 89.0 Å².